The fourth-order valence-corrected chi connectivity index (χ4v) is 0.267. The minimum absolute atomic E-state index is 0.0977. The van der Waals surface area contributed by atoms with Crippen LogP contribution in [0.15, 0.2) is 12.2 Å². The van der Waals surface area contributed by atoms with Gasteiger partial charge >= 0.3 is 6.18 Å². The molecule has 4 heteroatoms. The smallest absolute Gasteiger partial charge is 0.167 e. The van der Waals surface area contributed by atoms with Gasteiger partial charge in [0.2, 0.25) is 0 Å². The molecule has 0 atom stereocenters. The SMILES string of the molecule is FC(F)(F)C=CCCl. The fraction of sp³-hybridized carbons (Fsp3) is 0.500. The van der Waals surface area contributed by atoms with E-state index >= 15 is 0 Å². The fourth-order valence-electron chi connectivity index (χ4n) is 0.178. The van der Waals surface area contributed by atoms with Crippen molar-refractivity contribution in [1.82, 2.24) is 0 Å². The van der Waals surface area contributed by atoms with Crippen LogP contribution in [0.5, 0.6) is 0 Å². The first kappa shape index (κ1) is 7.82. The molecule has 0 nitrogen and oxygen atoms in total. The van der Waals surface area contributed by atoms with Gasteiger partial charge in [0.25, 0.3) is 0 Å². The molecular formula is C4H4ClF3. The third-order valence-electron chi connectivity index (χ3n) is 0.396. The summed E-state index contributed by atoms with van der Waals surface area (Å²) in [6, 6.07) is 0. The molecule has 0 amide bonds. The summed E-state index contributed by atoms with van der Waals surface area (Å²) in [4.78, 5) is 0. The third kappa shape index (κ3) is 5.82. The second-order valence-electron chi connectivity index (χ2n) is 1.10. The zero-order chi connectivity index (χ0) is 6.62. The molecule has 0 aliphatic heterocycles. The Morgan fingerprint density at radius 2 is 1.88 bits per heavy atom. The van der Waals surface area contributed by atoms with E-state index in [1.54, 1.807) is 0 Å². The van der Waals surface area contributed by atoms with E-state index < -0.39 is 6.18 Å². The van der Waals surface area contributed by atoms with Gasteiger partial charge in [0.1, 0.15) is 0 Å². The highest BCUT2D eigenvalue weighted by Gasteiger charge is 2.21. The van der Waals surface area contributed by atoms with E-state index in [-0.39, 0.29) is 12.0 Å². The molecule has 0 aromatic rings. The van der Waals surface area contributed by atoms with Crippen molar-refractivity contribution < 1.29 is 13.2 Å². The van der Waals surface area contributed by atoms with Crippen molar-refractivity contribution in [3.63, 3.8) is 0 Å². The molecule has 0 heterocycles. The van der Waals surface area contributed by atoms with Gasteiger partial charge in [-0.25, -0.2) is 0 Å². The van der Waals surface area contributed by atoms with Crippen LogP contribution in [-0.4, -0.2) is 12.1 Å². The summed E-state index contributed by atoms with van der Waals surface area (Å²) in [6.07, 6.45) is -3.25. The Balaban J connectivity index is 3.52. The van der Waals surface area contributed by atoms with Crippen LogP contribution < -0.4 is 0 Å². The van der Waals surface area contributed by atoms with Crippen LogP contribution >= 0.6 is 11.6 Å². The number of alkyl halides is 4. The zero-order valence-corrected chi connectivity index (χ0v) is 4.63. The highest BCUT2D eigenvalue weighted by Crippen LogP contribution is 2.15. The van der Waals surface area contributed by atoms with E-state index in [1.807, 2.05) is 0 Å². The van der Waals surface area contributed by atoms with Crippen molar-refractivity contribution in [3.05, 3.63) is 12.2 Å². The Bertz CT molecular complexity index is 83.8. The van der Waals surface area contributed by atoms with Gasteiger partial charge in [0, 0.05) is 12.0 Å². The van der Waals surface area contributed by atoms with E-state index in [9.17, 15) is 13.2 Å². The Hall–Kier alpha value is -0.180. The van der Waals surface area contributed by atoms with E-state index in [4.69, 9.17) is 11.6 Å². The number of halogens is 4. The molecular weight excluding hydrogens is 140 g/mol. The van der Waals surface area contributed by atoms with Gasteiger partial charge in [0.05, 0.1) is 0 Å². The molecule has 0 aliphatic rings. The largest absolute Gasteiger partial charge is 0.409 e. The first-order chi connectivity index (χ1) is 3.56. The molecule has 8 heavy (non-hydrogen) atoms. The molecule has 0 saturated heterocycles. The van der Waals surface area contributed by atoms with Gasteiger partial charge in [-0.2, -0.15) is 13.2 Å². The second kappa shape index (κ2) is 2.97. The Morgan fingerprint density at radius 3 is 2.00 bits per heavy atom. The minimum Gasteiger partial charge on any atom is -0.167 e. The lowest BCUT2D eigenvalue weighted by atomic mass is 10.5. The molecule has 0 aliphatic carbocycles. The van der Waals surface area contributed by atoms with Crippen LogP contribution in [0, 0.1) is 0 Å². The monoisotopic (exact) mass is 144 g/mol. The molecule has 0 N–H and O–H groups in total. The molecule has 0 rings (SSSR count). The maximum absolute atomic E-state index is 11.1. The quantitative estimate of drug-likeness (QED) is 0.392. The van der Waals surface area contributed by atoms with Crippen LogP contribution in [0.3, 0.4) is 0 Å². The van der Waals surface area contributed by atoms with Crippen molar-refractivity contribution in [3.8, 4) is 0 Å². The number of rotatable bonds is 1. The lowest BCUT2D eigenvalue weighted by molar-refractivity contribution is -0.0799. The molecule has 0 aromatic carbocycles. The highest BCUT2D eigenvalue weighted by molar-refractivity contribution is 6.18. The van der Waals surface area contributed by atoms with Crippen molar-refractivity contribution in [2.24, 2.45) is 0 Å². The van der Waals surface area contributed by atoms with E-state index in [2.05, 4.69) is 0 Å². The first-order valence-corrected chi connectivity index (χ1v) is 2.40. The number of hydrogen-bond donors (Lipinski definition) is 0. The standard InChI is InChI=1S/C4H4ClF3/c5-3-1-2-4(6,7)8/h1-2H,3H2. The molecule has 0 fully saturated rings. The Morgan fingerprint density at radius 1 is 1.38 bits per heavy atom. The average molecular weight is 145 g/mol. The van der Waals surface area contributed by atoms with Crippen molar-refractivity contribution in [2.75, 3.05) is 5.88 Å². The zero-order valence-electron chi connectivity index (χ0n) is 3.87. The summed E-state index contributed by atoms with van der Waals surface area (Å²) in [7, 11) is 0. The van der Waals surface area contributed by atoms with Crippen LogP contribution in [0.25, 0.3) is 0 Å². The molecule has 0 unspecified atom stereocenters. The number of hydrogen-bond acceptors (Lipinski definition) is 0. The Kier molecular flexibility index (Phi) is 2.90. The number of allylic oxidation sites excluding steroid dienone is 2. The summed E-state index contributed by atoms with van der Waals surface area (Å²) in [5, 5.41) is 0. The lowest BCUT2D eigenvalue weighted by Crippen LogP contribution is -2.00. The van der Waals surface area contributed by atoms with Gasteiger partial charge in [-0.05, 0) is 0 Å². The maximum atomic E-state index is 11.1. The second-order valence-corrected chi connectivity index (χ2v) is 1.41. The summed E-state index contributed by atoms with van der Waals surface area (Å²) in [6.45, 7) is 0. The maximum Gasteiger partial charge on any atom is 0.409 e. The minimum atomic E-state index is -4.21. The molecule has 0 saturated carbocycles. The van der Waals surface area contributed by atoms with Crippen molar-refractivity contribution >= 4 is 11.6 Å². The van der Waals surface area contributed by atoms with Crippen LogP contribution in [-0.2, 0) is 0 Å². The van der Waals surface area contributed by atoms with Crippen molar-refractivity contribution in [2.45, 2.75) is 6.18 Å². The molecule has 0 bridgehead atoms. The summed E-state index contributed by atoms with van der Waals surface area (Å²) in [5.74, 6) is -0.0977. The Labute approximate surface area is 49.9 Å². The van der Waals surface area contributed by atoms with E-state index in [1.165, 1.54) is 0 Å². The topological polar surface area (TPSA) is 0 Å². The van der Waals surface area contributed by atoms with E-state index in [0.717, 1.165) is 6.08 Å². The van der Waals surface area contributed by atoms with Gasteiger partial charge in [-0.3, -0.25) is 0 Å². The van der Waals surface area contributed by atoms with Gasteiger partial charge in [0.15, 0.2) is 0 Å². The lowest BCUT2D eigenvalue weighted by Gasteiger charge is -1.94. The molecule has 0 radical (unpaired) electrons. The first-order valence-electron chi connectivity index (χ1n) is 1.86. The van der Waals surface area contributed by atoms with Crippen LogP contribution in [0.4, 0.5) is 13.2 Å². The van der Waals surface area contributed by atoms with Crippen molar-refractivity contribution in [1.29, 1.82) is 0 Å². The van der Waals surface area contributed by atoms with Gasteiger partial charge in [-0.1, -0.05) is 6.08 Å². The van der Waals surface area contributed by atoms with Crippen LogP contribution in [0.2, 0.25) is 0 Å². The highest BCUT2D eigenvalue weighted by atomic mass is 35.5. The predicted octanol–water partition coefficient (Wildman–Crippen LogP) is 2.34. The van der Waals surface area contributed by atoms with Crippen LogP contribution in [0.1, 0.15) is 0 Å². The van der Waals surface area contributed by atoms with Gasteiger partial charge in [-0.15, -0.1) is 11.6 Å². The normalized spacial score (nSPS) is 13.0. The van der Waals surface area contributed by atoms with Gasteiger partial charge < -0.3 is 0 Å². The summed E-state index contributed by atoms with van der Waals surface area (Å²) >= 11 is 4.92. The average Bonchev–Trinajstić information content (AvgIpc) is 1.59. The summed E-state index contributed by atoms with van der Waals surface area (Å²) < 4.78 is 33.3. The molecule has 0 aromatic heterocycles. The predicted molar refractivity (Wildman–Crippen MR) is 25.9 cm³/mol. The van der Waals surface area contributed by atoms with E-state index in [0.29, 0.717) is 0 Å². The summed E-state index contributed by atoms with van der Waals surface area (Å²) in [5.41, 5.74) is 0. The molecule has 0 spiro atoms. The molecule has 48 valence electrons. The third-order valence-corrected chi connectivity index (χ3v) is 0.574.